The number of aromatic amines is 1. The average Bonchev–Trinajstić information content (AvgIpc) is 2.34. The Morgan fingerprint density at radius 1 is 1.61 bits per heavy atom. The van der Waals surface area contributed by atoms with Crippen molar-refractivity contribution in [1.29, 1.82) is 0 Å². The number of amides is 1. The van der Waals surface area contributed by atoms with Crippen LogP contribution in [-0.2, 0) is 0 Å². The molecule has 5 nitrogen and oxygen atoms in total. The van der Waals surface area contributed by atoms with Crippen LogP contribution in [0.2, 0.25) is 0 Å². The number of nitrogens with zero attached hydrogens (tertiary/aromatic N) is 1. The Kier molecular flexibility index (Phi) is 5.03. The van der Waals surface area contributed by atoms with E-state index in [4.69, 9.17) is 18.0 Å². The van der Waals surface area contributed by atoms with Crippen LogP contribution in [0.1, 0.15) is 24.2 Å². The van der Waals surface area contributed by atoms with E-state index in [-0.39, 0.29) is 17.4 Å². The summed E-state index contributed by atoms with van der Waals surface area (Å²) in [4.78, 5) is 27.8. The van der Waals surface area contributed by atoms with Crippen molar-refractivity contribution in [3.63, 3.8) is 0 Å². The molecule has 0 saturated heterocycles. The SMILES string of the molecule is CCN(CC(C)C(N)=S)C(=O)c1cc[nH]c(=O)c1. The van der Waals surface area contributed by atoms with Gasteiger partial charge in [0.25, 0.3) is 5.91 Å². The summed E-state index contributed by atoms with van der Waals surface area (Å²) in [5, 5.41) is 0. The molecule has 0 aliphatic carbocycles. The molecule has 0 spiro atoms. The molecule has 1 amide bonds. The summed E-state index contributed by atoms with van der Waals surface area (Å²) < 4.78 is 0. The molecule has 3 N–H and O–H groups in total. The Morgan fingerprint density at radius 2 is 2.28 bits per heavy atom. The van der Waals surface area contributed by atoms with Crippen molar-refractivity contribution in [2.24, 2.45) is 11.7 Å². The van der Waals surface area contributed by atoms with Crippen molar-refractivity contribution >= 4 is 23.1 Å². The highest BCUT2D eigenvalue weighted by Gasteiger charge is 2.18. The molecule has 1 atom stereocenters. The minimum absolute atomic E-state index is 0.0501. The number of carbonyl (C=O) groups is 1. The van der Waals surface area contributed by atoms with Crippen molar-refractivity contribution < 1.29 is 4.79 Å². The molecular weight excluding hydrogens is 250 g/mol. The lowest BCUT2D eigenvalue weighted by Crippen LogP contribution is -2.38. The van der Waals surface area contributed by atoms with E-state index in [0.29, 0.717) is 23.6 Å². The third kappa shape index (κ3) is 3.66. The van der Waals surface area contributed by atoms with Crippen LogP contribution in [0.5, 0.6) is 0 Å². The van der Waals surface area contributed by atoms with Gasteiger partial charge in [0.15, 0.2) is 0 Å². The summed E-state index contributed by atoms with van der Waals surface area (Å²) in [7, 11) is 0. The van der Waals surface area contributed by atoms with Crippen molar-refractivity contribution in [2.75, 3.05) is 13.1 Å². The Hall–Kier alpha value is -1.69. The van der Waals surface area contributed by atoms with Crippen molar-refractivity contribution in [1.82, 2.24) is 9.88 Å². The number of rotatable bonds is 5. The maximum atomic E-state index is 12.2. The molecule has 98 valence electrons. The summed E-state index contributed by atoms with van der Waals surface area (Å²) in [5.74, 6) is -0.238. The van der Waals surface area contributed by atoms with Gasteiger partial charge in [0.05, 0.1) is 4.99 Å². The Labute approximate surface area is 111 Å². The topological polar surface area (TPSA) is 79.2 Å². The van der Waals surface area contributed by atoms with E-state index in [0.717, 1.165) is 0 Å². The summed E-state index contributed by atoms with van der Waals surface area (Å²) in [6, 6.07) is 2.87. The van der Waals surface area contributed by atoms with Gasteiger partial charge in [-0.15, -0.1) is 0 Å². The molecule has 1 aromatic heterocycles. The minimum atomic E-state index is -0.292. The Morgan fingerprint density at radius 3 is 2.78 bits per heavy atom. The van der Waals surface area contributed by atoms with Crippen LogP contribution >= 0.6 is 12.2 Å². The largest absolute Gasteiger partial charge is 0.393 e. The van der Waals surface area contributed by atoms with Gasteiger partial charge in [-0.25, -0.2) is 0 Å². The highest BCUT2D eigenvalue weighted by molar-refractivity contribution is 7.80. The molecule has 0 radical (unpaired) electrons. The summed E-state index contributed by atoms with van der Waals surface area (Å²) in [6.07, 6.45) is 1.46. The van der Waals surface area contributed by atoms with Crippen LogP contribution in [-0.4, -0.2) is 33.9 Å². The van der Waals surface area contributed by atoms with Gasteiger partial charge in [0, 0.05) is 36.8 Å². The highest BCUT2D eigenvalue weighted by Crippen LogP contribution is 2.06. The van der Waals surface area contributed by atoms with Gasteiger partial charge in [0.2, 0.25) is 5.56 Å². The minimum Gasteiger partial charge on any atom is -0.393 e. The number of pyridine rings is 1. The first-order chi connectivity index (χ1) is 8.45. The Balaban J connectivity index is 2.86. The van der Waals surface area contributed by atoms with Crippen LogP contribution in [0.15, 0.2) is 23.1 Å². The van der Waals surface area contributed by atoms with Crippen molar-refractivity contribution in [3.05, 3.63) is 34.2 Å². The lowest BCUT2D eigenvalue weighted by molar-refractivity contribution is 0.0754. The van der Waals surface area contributed by atoms with Gasteiger partial charge in [0.1, 0.15) is 0 Å². The van der Waals surface area contributed by atoms with Crippen molar-refractivity contribution in [3.8, 4) is 0 Å². The molecular formula is C12H17N3O2S. The number of nitrogens with two attached hydrogens (primary N) is 1. The lowest BCUT2D eigenvalue weighted by Gasteiger charge is -2.24. The number of hydrogen-bond donors (Lipinski definition) is 2. The quantitative estimate of drug-likeness (QED) is 0.772. The van der Waals surface area contributed by atoms with E-state index >= 15 is 0 Å². The Bertz CT molecular complexity index is 498. The fraction of sp³-hybridized carbons (Fsp3) is 0.417. The smallest absolute Gasteiger partial charge is 0.254 e. The van der Waals surface area contributed by atoms with Crippen LogP contribution in [0.25, 0.3) is 0 Å². The van der Waals surface area contributed by atoms with E-state index in [2.05, 4.69) is 4.98 Å². The predicted molar refractivity (Wildman–Crippen MR) is 74.6 cm³/mol. The van der Waals surface area contributed by atoms with E-state index in [1.165, 1.54) is 12.3 Å². The predicted octanol–water partition coefficient (Wildman–Crippen LogP) is 0.759. The zero-order valence-corrected chi connectivity index (χ0v) is 11.3. The van der Waals surface area contributed by atoms with Gasteiger partial charge in [-0.1, -0.05) is 19.1 Å². The van der Waals surface area contributed by atoms with Crippen LogP contribution in [0.3, 0.4) is 0 Å². The third-order valence-corrected chi connectivity index (χ3v) is 3.07. The molecule has 1 aromatic rings. The van der Waals surface area contributed by atoms with E-state index in [1.54, 1.807) is 11.0 Å². The fourth-order valence-electron chi connectivity index (χ4n) is 1.54. The molecule has 0 bridgehead atoms. The van der Waals surface area contributed by atoms with Crippen LogP contribution in [0, 0.1) is 5.92 Å². The van der Waals surface area contributed by atoms with Crippen LogP contribution < -0.4 is 11.3 Å². The van der Waals surface area contributed by atoms with E-state index in [1.807, 2.05) is 13.8 Å². The molecule has 6 heteroatoms. The van der Waals surface area contributed by atoms with E-state index in [9.17, 15) is 9.59 Å². The number of nitrogens with one attached hydrogen (secondary N) is 1. The van der Waals surface area contributed by atoms with Gasteiger partial charge in [-0.3, -0.25) is 9.59 Å². The second-order valence-electron chi connectivity index (χ2n) is 4.09. The lowest BCUT2D eigenvalue weighted by atomic mass is 10.1. The van der Waals surface area contributed by atoms with Crippen molar-refractivity contribution in [2.45, 2.75) is 13.8 Å². The summed E-state index contributed by atoms with van der Waals surface area (Å²) in [6.45, 7) is 4.74. The summed E-state index contributed by atoms with van der Waals surface area (Å²) in [5.41, 5.74) is 5.62. The van der Waals surface area contributed by atoms with Gasteiger partial charge < -0.3 is 15.6 Å². The first-order valence-corrected chi connectivity index (χ1v) is 6.13. The normalized spacial score (nSPS) is 11.9. The molecule has 18 heavy (non-hydrogen) atoms. The standard InChI is InChI=1S/C12H17N3O2S/c1-3-15(7-8(2)11(13)18)12(17)9-4-5-14-10(16)6-9/h4-6,8H,3,7H2,1-2H3,(H2,13,18)(H,14,16). The van der Waals surface area contributed by atoms with E-state index < -0.39 is 0 Å². The molecule has 1 rings (SSSR count). The number of carbonyl (C=O) groups excluding carboxylic acids is 1. The highest BCUT2D eigenvalue weighted by atomic mass is 32.1. The first-order valence-electron chi connectivity index (χ1n) is 5.73. The maximum absolute atomic E-state index is 12.2. The molecule has 0 fully saturated rings. The second kappa shape index (κ2) is 6.30. The third-order valence-electron chi connectivity index (χ3n) is 2.67. The molecule has 0 aliphatic rings. The number of aromatic nitrogens is 1. The van der Waals surface area contributed by atoms with Gasteiger partial charge >= 0.3 is 0 Å². The maximum Gasteiger partial charge on any atom is 0.254 e. The first kappa shape index (κ1) is 14.4. The number of H-pyrrole nitrogens is 1. The van der Waals surface area contributed by atoms with Gasteiger partial charge in [-0.05, 0) is 13.0 Å². The molecule has 1 heterocycles. The molecule has 0 aliphatic heterocycles. The molecule has 0 aromatic carbocycles. The number of hydrogen-bond acceptors (Lipinski definition) is 3. The summed E-state index contributed by atoms with van der Waals surface area (Å²) >= 11 is 4.89. The fourth-order valence-corrected chi connectivity index (χ4v) is 1.61. The van der Waals surface area contributed by atoms with Gasteiger partial charge in [-0.2, -0.15) is 0 Å². The number of thiocarbonyl (C=S) groups is 1. The molecule has 1 unspecified atom stereocenters. The second-order valence-corrected chi connectivity index (χ2v) is 4.56. The molecule has 0 saturated carbocycles. The zero-order valence-electron chi connectivity index (χ0n) is 10.5. The monoisotopic (exact) mass is 267 g/mol. The average molecular weight is 267 g/mol. The zero-order chi connectivity index (χ0) is 13.7. The van der Waals surface area contributed by atoms with Crippen LogP contribution in [0.4, 0.5) is 0 Å².